The molecule has 0 aromatic heterocycles. The van der Waals surface area contributed by atoms with Crippen LogP contribution in [0, 0.1) is 11.8 Å². The molecular formula is C11H19N. The molecule has 1 heteroatoms. The van der Waals surface area contributed by atoms with E-state index in [4.69, 9.17) is 0 Å². The molecule has 0 saturated heterocycles. The fourth-order valence-electron chi connectivity index (χ4n) is 1.97. The molecule has 3 unspecified atom stereocenters. The van der Waals surface area contributed by atoms with Crippen LogP contribution in [0.15, 0.2) is 12.2 Å². The summed E-state index contributed by atoms with van der Waals surface area (Å²) in [5.74, 6) is 1.98. The van der Waals surface area contributed by atoms with Gasteiger partial charge in [-0.1, -0.05) is 19.1 Å². The van der Waals surface area contributed by atoms with Gasteiger partial charge in [-0.05, 0) is 44.1 Å². The lowest BCUT2D eigenvalue weighted by Crippen LogP contribution is -2.30. The van der Waals surface area contributed by atoms with Crippen molar-refractivity contribution in [2.24, 2.45) is 11.8 Å². The average molecular weight is 165 g/mol. The van der Waals surface area contributed by atoms with Crippen molar-refractivity contribution in [3.05, 3.63) is 12.2 Å². The molecule has 1 N–H and O–H groups in total. The van der Waals surface area contributed by atoms with E-state index in [1.807, 2.05) is 0 Å². The van der Waals surface area contributed by atoms with Crippen LogP contribution in [-0.4, -0.2) is 12.6 Å². The summed E-state index contributed by atoms with van der Waals surface area (Å²) < 4.78 is 0. The van der Waals surface area contributed by atoms with Crippen molar-refractivity contribution < 1.29 is 0 Å². The molecule has 68 valence electrons. The van der Waals surface area contributed by atoms with Crippen molar-refractivity contribution in [2.45, 2.75) is 38.6 Å². The molecule has 0 radical (unpaired) electrons. The highest BCUT2D eigenvalue weighted by Crippen LogP contribution is 2.36. The van der Waals surface area contributed by atoms with Crippen molar-refractivity contribution in [3.8, 4) is 0 Å². The van der Waals surface area contributed by atoms with Crippen LogP contribution in [0.4, 0.5) is 0 Å². The second-order valence-electron chi connectivity index (χ2n) is 4.35. The minimum absolute atomic E-state index is 0.687. The van der Waals surface area contributed by atoms with Crippen molar-refractivity contribution in [1.82, 2.24) is 5.32 Å². The highest BCUT2D eigenvalue weighted by Gasteiger charge is 2.32. The van der Waals surface area contributed by atoms with Crippen LogP contribution in [0.3, 0.4) is 0 Å². The standard InChI is InChI=1S/C11H19N/c1-9-7-10(9)8-12-11-5-3-2-4-6-11/h3,5,9-12H,2,4,6-8H2,1H3. The summed E-state index contributed by atoms with van der Waals surface area (Å²) in [6.45, 7) is 3.60. The Labute approximate surface area is 75.2 Å². The minimum Gasteiger partial charge on any atom is -0.310 e. The summed E-state index contributed by atoms with van der Waals surface area (Å²) in [6.07, 6.45) is 10.1. The Hall–Kier alpha value is -0.300. The normalized spacial score (nSPS) is 39.9. The van der Waals surface area contributed by atoms with Gasteiger partial charge in [0.2, 0.25) is 0 Å². The van der Waals surface area contributed by atoms with E-state index in [0.717, 1.165) is 11.8 Å². The Morgan fingerprint density at radius 1 is 1.50 bits per heavy atom. The van der Waals surface area contributed by atoms with Crippen LogP contribution in [0.5, 0.6) is 0 Å². The Morgan fingerprint density at radius 3 is 2.92 bits per heavy atom. The summed E-state index contributed by atoms with van der Waals surface area (Å²) in [4.78, 5) is 0. The molecule has 2 aliphatic carbocycles. The summed E-state index contributed by atoms with van der Waals surface area (Å²) >= 11 is 0. The van der Waals surface area contributed by atoms with E-state index in [0.29, 0.717) is 6.04 Å². The second kappa shape index (κ2) is 3.61. The first-order valence-corrected chi connectivity index (χ1v) is 5.26. The number of hydrogen-bond acceptors (Lipinski definition) is 1. The van der Waals surface area contributed by atoms with Gasteiger partial charge < -0.3 is 5.32 Å². The zero-order chi connectivity index (χ0) is 8.39. The third kappa shape index (κ3) is 2.10. The molecule has 2 aliphatic rings. The maximum atomic E-state index is 3.63. The molecule has 2 rings (SSSR count). The number of nitrogens with one attached hydrogen (secondary N) is 1. The van der Waals surface area contributed by atoms with E-state index in [9.17, 15) is 0 Å². The SMILES string of the molecule is CC1CC1CNC1C=CCCC1. The molecule has 0 spiro atoms. The summed E-state index contributed by atoms with van der Waals surface area (Å²) in [5.41, 5.74) is 0. The Bertz CT molecular complexity index is 174. The molecule has 12 heavy (non-hydrogen) atoms. The number of hydrogen-bond donors (Lipinski definition) is 1. The predicted molar refractivity (Wildman–Crippen MR) is 52.1 cm³/mol. The number of rotatable bonds is 3. The Kier molecular flexibility index (Phi) is 2.50. The zero-order valence-corrected chi connectivity index (χ0v) is 7.92. The molecule has 1 fully saturated rings. The Morgan fingerprint density at radius 2 is 2.33 bits per heavy atom. The monoisotopic (exact) mass is 165 g/mol. The number of allylic oxidation sites excluding steroid dienone is 1. The molecule has 3 atom stereocenters. The summed E-state index contributed by atoms with van der Waals surface area (Å²) in [5, 5.41) is 3.63. The maximum Gasteiger partial charge on any atom is 0.0250 e. The average Bonchev–Trinajstić information content (AvgIpc) is 2.81. The van der Waals surface area contributed by atoms with Crippen molar-refractivity contribution >= 4 is 0 Å². The van der Waals surface area contributed by atoms with Gasteiger partial charge in [-0.3, -0.25) is 0 Å². The van der Waals surface area contributed by atoms with Gasteiger partial charge in [0.1, 0.15) is 0 Å². The van der Waals surface area contributed by atoms with Gasteiger partial charge in [0.15, 0.2) is 0 Å². The largest absolute Gasteiger partial charge is 0.310 e. The van der Waals surface area contributed by atoms with E-state index in [1.165, 1.54) is 32.2 Å². The van der Waals surface area contributed by atoms with Gasteiger partial charge in [0.25, 0.3) is 0 Å². The first kappa shape index (κ1) is 8.31. The smallest absolute Gasteiger partial charge is 0.0250 e. The quantitative estimate of drug-likeness (QED) is 0.633. The van der Waals surface area contributed by atoms with E-state index in [2.05, 4.69) is 24.4 Å². The van der Waals surface area contributed by atoms with Crippen LogP contribution in [0.1, 0.15) is 32.6 Å². The molecule has 0 heterocycles. The van der Waals surface area contributed by atoms with Crippen molar-refractivity contribution in [3.63, 3.8) is 0 Å². The lowest BCUT2D eigenvalue weighted by Gasteiger charge is -2.17. The first-order valence-electron chi connectivity index (χ1n) is 5.26. The summed E-state index contributed by atoms with van der Waals surface area (Å²) in [6, 6.07) is 0.687. The van der Waals surface area contributed by atoms with E-state index < -0.39 is 0 Å². The maximum absolute atomic E-state index is 3.63. The fraction of sp³-hybridized carbons (Fsp3) is 0.818. The molecular weight excluding hydrogens is 146 g/mol. The van der Waals surface area contributed by atoms with Gasteiger partial charge in [-0.2, -0.15) is 0 Å². The lowest BCUT2D eigenvalue weighted by molar-refractivity contribution is 0.500. The van der Waals surface area contributed by atoms with Crippen LogP contribution in [0.25, 0.3) is 0 Å². The topological polar surface area (TPSA) is 12.0 Å². The fourth-order valence-corrected chi connectivity index (χ4v) is 1.97. The second-order valence-corrected chi connectivity index (χ2v) is 4.35. The molecule has 0 aromatic rings. The third-order valence-electron chi connectivity index (χ3n) is 3.17. The van der Waals surface area contributed by atoms with Crippen LogP contribution < -0.4 is 5.32 Å². The van der Waals surface area contributed by atoms with Gasteiger partial charge in [-0.15, -0.1) is 0 Å². The van der Waals surface area contributed by atoms with Crippen LogP contribution in [-0.2, 0) is 0 Å². The molecule has 0 aromatic carbocycles. The molecule has 1 nitrogen and oxygen atoms in total. The van der Waals surface area contributed by atoms with Gasteiger partial charge in [-0.25, -0.2) is 0 Å². The van der Waals surface area contributed by atoms with E-state index >= 15 is 0 Å². The highest BCUT2D eigenvalue weighted by molar-refractivity contribution is 4.98. The minimum atomic E-state index is 0.687. The van der Waals surface area contributed by atoms with Gasteiger partial charge >= 0.3 is 0 Å². The summed E-state index contributed by atoms with van der Waals surface area (Å²) in [7, 11) is 0. The van der Waals surface area contributed by atoms with Crippen LogP contribution >= 0.6 is 0 Å². The van der Waals surface area contributed by atoms with Crippen LogP contribution in [0.2, 0.25) is 0 Å². The molecule has 0 amide bonds. The van der Waals surface area contributed by atoms with E-state index in [1.54, 1.807) is 0 Å². The molecule has 0 bridgehead atoms. The highest BCUT2D eigenvalue weighted by atomic mass is 14.9. The predicted octanol–water partition coefficient (Wildman–Crippen LogP) is 2.34. The van der Waals surface area contributed by atoms with Crippen molar-refractivity contribution in [2.75, 3.05) is 6.54 Å². The lowest BCUT2D eigenvalue weighted by atomic mass is 10.0. The molecule has 0 aliphatic heterocycles. The van der Waals surface area contributed by atoms with E-state index in [-0.39, 0.29) is 0 Å². The Balaban J connectivity index is 1.65. The third-order valence-corrected chi connectivity index (χ3v) is 3.17. The first-order chi connectivity index (χ1) is 5.86. The molecule has 1 saturated carbocycles. The van der Waals surface area contributed by atoms with Crippen molar-refractivity contribution in [1.29, 1.82) is 0 Å². The van der Waals surface area contributed by atoms with Gasteiger partial charge in [0.05, 0.1) is 0 Å². The zero-order valence-electron chi connectivity index (χ0n) is 7.92. The van der Waals surface area contributed by atoms with Gasteiger partial charge in [0, 0.05) is 6.04 Å².